The van der Waals surface area contributed by atoms with Crippen molar-refractivity contribution < 1.29 is 0 Å². The minimum Gasteiger partial charge on any atom is -0.340 e. The van der Waals surface area contributed by atoms with Gasteiger partial charge in [0.25, 0.3) is 0 Å². The Morgan fingerprint density at radius 1 is 1.62 bits per heavy atom. The maximum absolute atomic E-state index is 5.65. The number of aromatic amines is 1. The molecule has 1 heterocycles. The molecule has 1 atom stereocenters. The van der Waals surface area contributed by atoms with E-state index in [1.807, 2.05) is 6.20 Å². The van der Waals surface area contributed by atoms with E-state index >= 15 is 0 Å². The highest BCUT2D eigenvalue weighted by atomic mass is 35.5. The Balaban J connectivity index is 2.07. The zero-order chi connectivity index (χ0) is 9.52. The lowest BCUT2D eigenvalue weighted by Gasteiger charge is -2.07. The molecule has 0 saturated carbocycles. The summed E-state index contributed by atoms with van der Waals surface area (Å²) in [5.74, 6) is 2.61. The average Bonchev–Trinajstić information content (AvgIpc) is 2.57. The first-order valence-corrected chi connectivity index (χ1v) is 6.03. The number of alkyl halides is 1. The van der Waals surface area contributed by atoms with Crippen molar-refractivity contribution in [3.63, 3.8) is 0 Å². The second-order valence-electron chi connectivity index (χ2n) is 3.11. The van der Waals surface area contributed by atoms with Gasteiger partial charge in [-0.3, -0.25) is 0 Å². The van der Waals surface area contributed by atoms with Gasteiger partial charge >= 0.3 is 0 Å². The van der Waals surface area contributed by atoms with Crippen molar-refractivity contribution in [2.45, 2.75) is 24.9 Å². The number of H-pyrrole nitrogens is 1. The van der Waals surface area contributed by atoms with E-state index in [-0.39, 0.29) is 0 Å². The molecule has 0 radical (unpaired) electrons. The molecule has 0 spiro atoms. The molecule has 0 fully saturated rings. The van der Waals surface area contributed by atoms with Crippen LogP contribution in [-0.2, 0) is 0 Å². The number of aromatic nitrogens is 2. The summed E-state index contributed by atoms with van der Waals surface area (Å²) in [6.45, 7) is 2.24. The quantitative estimate of drug-likeness (QED) is 0.587. The first-order valence-electron chi connectivity index (χ1n) is 4.51. The van der Waals surface area contributed by atoms with E-state index in [9.17, 15) is 0 Å². The van der Waals surface area contributed by atoms with Crippen LogP contribution in [0.5, 0.6) is 0 Å². The second kappa shape index (κ2) is 6.33. The van der Waals surface area contributed by atoms with Gasteiger partial charge in [-0.15, -0.1) is 11.6 Å². The Hall–Kier alpha value is -0.150. The molecule has 1 unspecified atom stereocenters. The lowest BCUT2D eigenvalue weighted by atomic mass is 10.1. The molecule has 0 bridgehead atoms. The first kappa shape index (κ1) is 10.9. The highest BCUT2D eigenvalue weighted by Crippen LogP contribution is 2.17. The van der Waals surface area contributed by atoms with Gasteiger partial charge in [0.05, 0.1) is 0 Å². The van der Waals surface area contributed by atoms with Crippen LogP contribution in [0.1, 0.15) is 19.8 Å². The van der Waals surface area contributed by atoms with Gasteiger partial charge in [0.2, 0.25) is 0 Å². The van der Waals surface area contributed by atoms with Crippen molar-refractivity contribution in [3.05, 3.63) is 12.4 Å². The van der Waals surface area contributed by atoms with E-state index in [0.29, 0.717) is 0 Å². The van der Waals surface area contributed by atoms with Crippen molar-refractivity contribution in [1.29, 1.82) is 0 Å². The van der Waals surface area contributed by atoms with Gasteiger partial charge in [-0.05, 0) is 18.8 Å². The predicted octanol–water partition coefficient (Wildman–Crippen LogP) is 3.16. The minimum absolute atomic E-state index is 0.722. The van der Waals surface area contributed by atoms with Crippen LogP contribution in [0, 0.1) is 5.92 Å². The molecule has 1 N–H and O–H groups in total. The fraction of sp³-hybridized carbons (Fsp3) is 0.667. The number of rotatable bonds is 6. The number of nitrogens with zero attached hydrogens (tertiary/aromatic N) is 1. The van der Waals surface area contributed by atoms with Crippen LogP contribution in [0.3, 0.4) is 0 Å². The molecule has 0 aliphatic rings. The average molecular weight is 219 g/mol. The molecule has 13 heavy (non-hydrogen) atoms. The molecule has 74 valence electrons. The maximum atomic E-state index is 5.65. The smallest absolute Gasteiger partial charge is 0.165 e. The van der Waals surface area contributed by atoms with E-state index in [1.54, 1.807) is 18.0 Å². The van der Waals surface area contributed by atoms with Gasteiger partial charge in [0.1, 0.15) is 0 Å². The number of hydrogen-bond acceptors (Lipinski definition) is 2. The Bertz CT molecular complexity index is 213. The summed E-state index contributed by atoms with van der Waals surface area (Å²) in [4.78, 5) is 7.21. The first-order chi connectivity index (χ1) is 6.33. The Labute approximate surface area is 88.5 Å². The van der Waals surface area contributed by atoms with E-state index < -0.39 is 0 Å². The van der Waals surface area contributed by atoms with Crippen LogP contribution in [0.2, 0.25) is 0 Å². The Kier molecular flexibility index (Phi) is 5.32. The van der Waals surface area contributed by atoms with Gasteiger partial charge < -0.3 is 4.98 Å². The molecule has 1 aromatic heterocycles. The monoisotopic (exact) mass is 218 g/mol. The van der Waals surface area contributed by atoms with Crippen LogP contribution < -0.4 is 0 Å². The van der Waals surface area contributed by atoms with Crippen LogP contribution in [0.25, 0.3) is 0 Å². The normalized spacial score (nSPS) is 13.1. The molecular formula is C9H15ClN2S. The van der Waals surface area contributed by atoms with Crippen molar-refractivity contribution in [2.75, 3.05) is 11.6 Å². The number of thioether (sulfide) groups is 1. The van der Waals surface area contributed by atoms with Gasteiger partial charge in [-0.1, -0.05) is 18.7 Å². The number of halogens is 1. The summed E-state index contributed by atoms with van der Waals surface area (Å²) in [6.07, 6.45) is 5.95. The molecule has 0 saturated heterocycles. The van der Waals surface area contributed by atoms with Crippen LogP contribution in [0.4, 0.5) is 0 Å². The third kappa shape index (κ3) is 4.58. The molecule has 1 aromatic rings. The third-order valence-electron chi connectivity index (χ3n) is 1.92. The predicted molar refractivity (Wildman–Crippen MR) is 58.4 cm³/mol. The highest BCUT2D eigenvalue weighted by Gasteiger charge is 2.02. The molecule has 0 aliphatic heterocycles. The molecule has 4 heteroatoms. The molecule has 2 nitrogen and oxygen atoms in total. The number of hydrogen-bond donors (Lipinski definition) is 1. The highest BCUT2D eigenvalue weighted by molar-refractivity contribution is 7.99. The van der Waals surface area contributed by atoms with Gasteiger partial charge in [0.15, 0.2) is 5.16 Å². The van der Waals surface area contributed by atoms with Crippen molar-refractivity contribution >= 4 is 23.4 Å². The lowest BCUT2D eigenvalue weighted by Crippen LogP contribution is -1.97. The van der Waals surface area contributed by atoms with E-state index in [2.05, 4.69) is 16.9 Å². The zero-order valence-electron chi connectivity index (χ0n) is 7.79. The van der Waals surface area contributed by atoms with Crippen LogP contribution in [-0.4, -0.2) is 21.6 Å². The van der Waals surface area contributed by atoms with E-state index in [1.165, 1.54) is 6.42 Å². The van der Waals surface area contributed by atoms with Gasteiger partial charge in [-0.25, -0.2) is 4.98 Å². The lowest BCUT2D eigenvalue weighted by molar-refractivity contribution is 0.551. The minimum atomic E-state index is 0.722. The number of nitrogens with one attached hydrogen (secondary N) is 1. The molecule has 0 amide bonds. The van der Waals surface area contributed by atoms with Crippen molar-refractivity contribution in [1.82, 2.24) is 9.97 Å². The van der Waals surface area contributed by atoms with Gasteiger partial charge in [0, 0.05) is 24.0 Å². The fourth-order valence-corrected chi connectivity index (χ4v) is 2.39. The summed E-state index contributed by atoms with van der Waals surface area (Å²) >= 11 is 7.42. The molecular weight excluding hydrogens is 204 g/mol. The van der Waals surface area contributed by atoms with E-state index in [4.69, 9.17) is 11.6 Å². The summed E-state index contributed by atoms with van der Waals surface area (Å²) < 4.78 is 0. The summed E-state index contributed by atoms with van der Waals surface area (Å²) in [5.41, 5.74) is 0. The maximum Gasteiger partial charge on any atom is 0.165 e. The molecule has 1 rings (SSSR count). The van der Waals surface area contributed by atoms with Gasteiger partial charge in [-0.2, -0.15) is 0 Å². The zero-order valence-corrected chi connectivity index (χ0v) is 9.37. The SMILES string of the molecule is CC(CCCl)CCSc1ncc[nH]1. The number of imidazole rings is 1. The Morgan fingerprint density at radius 3 is 3.08 bits per heavy atom. The summed E-state index contributed by atoms with van der Waals surface area (Å²) in [5, 5.41) is 1.01. The van der Waals surface area contributed by atoms with Crippen molar-refractivity contribution in [2.24, 2.45) is 5.92 Å². The van der Waals surface area contributed by atoms with E-state index in [0.717, 1.165) is 29.1 Å². The summed E-state index contributed by atoms with van der Waals surface area (Å²) in [6, 6.07) is 0. The summed E-state index contributed by atoms with van der Waals surface area (Å²) in [7, 11) is 0. The standard InChI is InChI=1S/C9H15ClN2S/c1-8(2-4-10)3-7-13-9-11-5-6-12-9/h5-6,8H,2-4,7H2,1H3,(H,11,12). The van der Waals surface area contributed by atoms with Crippen LogP contribution >= 0.6 is 23.4 Å². The molecule has 0 aromatic carbocycles. The fourth-order valence-electron chi connectivity index (χ4n) is 1.02. The largest absolute Gasteiger partial charge is 0.340 e. The molecule has 0 aliphatic carbocycles. The second-order valence-corrected chi connectivity index (χ2v) is 4.58. The van der Waals surface area contributed by atoms with Crippen LogP contribution in [0.15, 0.2) is 17.6 Å². The third-order valence-corrected chi connectivity index (χ3v) is 3.08. The van der Waals surface area contributed by atoms with Crippen molar-refractivity contribution in [3.8, 4) is 0 Å². The Morgan fingerprint density at radius 2 is 2.46 bits per heavy atom. The topological polar surface area (TPSA) is 28.7 Å².